The van der Waals surface area contributed by atoms with Crippen molar-refractivity contribution in [2.45, 2.75) is 19.0 Å². The lowest BCUT2D eigenvalue weighted by Crippen LogP contribution is -2.38. The molecule has 1 rings (SSSR count). The smallest absolute Gasteiger partial charge is 0.303 e. The molecule has 10 heavy (non-hydrogen) atoms. The van der Waals surface area contributed by atoms with Crippen molar-refractivity contribution in [3.8, 4) is 0 Å². The molecule has 2 atom stereocenters. The molecule has 0 bridgehead atoms. The maximum Gasteiger partial charge on any atom is 0.392 e. The molecule has 0 aliphatic heterocycles. The van der Waals surface area contributed by atoms with Gasteiger partial charge in [-0.15, -0.1) is 0 Å². The summed E-state index contributed by atoms with van der Waals surface area (Å²) in [6.07, 6.45) is -3.24. The minimum absolute atomic E-state index is 0.118. The number of carbonyl (C=O) groups excluding carboxylic acids is 1. The molecule has 0 amide bonds. The zero-order valence-electron chi connectivity index (χ0n) is 5.19. The van der Waals surface area contributed by atoms with Gasteiger partial charge in [0.15, 0.2) is 0 Å². The highest BCUT2D eigenvalue weighted by molar-refractivity contribution is 5.55. The zero-order valence-corrected chi connectivity index (χ0v) is 5.19. The molecule has 1 aliphatic carbocycles. The van der Waals surface area contributed by atoms with Crippen LogP contribution in [-0.4, -0.2) is 12.5 Å². The Balaban J connectivity index is 2.50. The van der Waals surface area contributed by atoms with Crippen molar-refractivity contribution >= 4 is 6.29 Å². The van der Waals surface area contributed by atoms with Crippen LogP contribution in [0.2, 0.25) is 0 Å². The first-order valence-corrected chi connectivity index (χ1v) is 3.07. The molecule has 1 saturated carbocycles. The van der Waals surface area contributed by atoms with Crippen molar-refractivity contribution in [2.24, 2.45) is 11.8 Å². The molecule has 0 aromatic rings. The Morgan fingerprint density at radius 1 is 1.30 bits per heavy atom. The molecular formula is C6H7F3O. The fourth-order valence-corrected chi connectivity index (χ4v) is 1.10. The minimum Gasteiger partial charge on any atom is -0.303 e. The van der Waals surface area contributed by atoms with Gasteiger partial charge in [-0.1, -0.05) is 0 Å². The van der Waals surface area contributed by atoms with Crippen molar-refractivity contribution in [1.82, 2.24) is 0 Å². The van der Waals surface area contributed by atoms with Crippen molar-refractivity contribution in [3.05, 3.63) is 0 Å². The monoisotopic (exact) mass is 152 g/mol. The molecule has 58 valence electrons. The molecule has 0 N–H and O–H groups in total. The Morgan fingerprint density at radius 3 is 2.00 bits per heavy atom. The second-order valence-electron chi connectivity index (χ2n) is 2.53. The Labute approximate surface area is 56.2 Å². The number of carbonyl (C=O) groups is 1. The van der Waals surface area contributed by atoms with Gasteiger partial charge in [0.05, 0.1) is 5.92 Å². The van der Waals surface area contributed by atoms with E-state index in [9.17, 15) is 18.0 Å². The van der Waals surface area contributed by atoms with Crippen molar-refractivity contribution in [1.29, 1.82) is 0 Å². The van der Waals surface area contributed by atoms with Gasteiger partial charge in [-0.2, -0.15) is 13.2 Å². The lowest BCUT2D eigenvalue weighted by Gasteiger charge is -2.33. The van der Waals surface area contributed by atoms with Gasteiger partial charge in [0.2, 0.25) is 0 Å². The molecule has 0 aromatic heterocycles. The summed E-state index contributed by atoms with van der Waals surface area (Å²) in [5.41, 5.74) is 0. The summed E-state index contributed by atoms with van der Waals surface area (Å²) in [5.74, 6) is -2.12. The van der Waals surface area contributed by atoms with E-state index in [2.05, 4.69) is 0 Å². The first-order chi connectivity index (χ1) is 4.55. The molecule has 1 aliphatic rings. The normalized spacial score (nSPS) is 33.1. The highest BCUT2D eigenvalue weighted by Crippen LogP contribution is 2.44. The third-order valence-corrected chi connectivity index (χ3v) is 1.92. The molecule has 1 unspecified atom stereocenters. The summed E-state index contributed by atoms with van der Waals surface area (Å²) < 4.78 is 35.3. The van der Waals surface area contributed by atoms with Gasteiger partial charge in [-0.05, 0) is 12.8 Å². The first-order valence-electron chi connectivity index (χ1n) is 3.07. The highest BCUT2D eigenvalue weighted by Gasteiger charge is 2.49. The van der Waals surface area contributed by atoms with Crippen molar-refractivity contribution in [2.75, 3.05) is 0 Å². The van der Waals surface area contributed by atoms with Crippen LogP contribution in [0.25, 0.3) is 0 Å². The number of hydrogen-bond donors (Lipinski definition) is 0. The van der Waals surface area contributed by atoms with Crippen LogP contribution < -0.4 is 0 Å². The summed E-state index contributed by atoms with van der Waals surface area (Å²) in [7, 11) is 0. The number of alkyl halides is 3. The Kier molecular flexibility index (Phi) is 1.70. The van der Waals surface area contributed by atoms with E-state index in [1.807, 2.05) is 0 Å². The number of rotatable bonds is 1. The number of aldehydes is 1. The van der Waals surface area contributed by atoms with Gasteiger partial charge in [-0.3, -0.25) is 0 Å². The van der Waals surface area contributed by atoms with Crippen LogP contribution >= 0.6 is 0 Å². The topological polar surface area (TPSA) is 17.1 Å². The first kappa shape index (κ1) is 7.57. The predicted octanol–water partition coefficient (Wildman–Crippen LogP) is 1.77. The molecule has 0 aromatic carbocycles. The van der Waals surface area contributed by atoms with Crippen LogP contribution in [0, 0.1) is 11.8 Å². The van der Waals surface area contributed by atoms with Gasteiger partial charge in [0.1, 0.15) is 6.29 Å². The van der Waals surface area contributed by atoms with Gasteiger partial charge < -0.3 is 4.79 Å². The highest BCUT2D eigenvalue weighted by atomic mass is 19.4. The lowest BCUT2D eigenvalue weighted by molar-refractivity contribution is -0.209. The van der Waals surface area contributed by atoms with Crippen LogP contribution in [-0.2, 0) is 4.79 Å². The second-order valence-corrected chi connectivity index (χ2v) is 2.53. The molecule has 1 fully saturated rings. The van der Waals surface area contributed by atoms with E-state index in [0.29, 0.717) is 12.7 Å². The molecule has 0 heterocycles. The molecule has 1 nitrogen and oxygen atoms in total. The average Bonchev–Trinajstić information content (AvgIpc) is 1.57. The SMILES string of the molecule is O=CC1CC[C@H]1C(F)(F)F. The van der Waals surface area contributed by atoms with Crippen LogP contribution in [0.3, 0.4) is 0 Å². The molecule has 0 radical (unpaired) electrons. The molecule has 0 spiro atoms. The minimum atomic E-state index is -4.16. The van der Waals surface area contributed by atoms with E-state index in [1.54, 1.807) is 0 Å². The predicted molar refractivity (Wildman–Crippen MR) is 28.3 cm³/mol. The van der Waals surface area contributed by atoms with Gasteiger partial charge >= 0.3 is 6.18 Å². The van der Waals surface area contributed by atoms with Crippen molar-refractivity contribution < 1.29 is 18.0 Å². The van der Waals surface area contributed by atoms with Gasteiger partial charge in [0.25, 0.3) is 0 Å². The van der Waals surface area contributed by atoms with E-state index >= 15 is 0 Å². The third kappa shape index (κ3) is 1.15. The van der Waals surface area contributed by atoms with Gasteiger partial charge in [0, 0.05) is 5.92 Å². The fraction of sp³-hybridized carbons (Fsp3) is 0.833. The summed E-state index contributed by atoms with van der Waals surface area (Å²) in [6, 6.07) is 0. The summed E-state index contributed by atoms with van der Waals surface area (Å²) >= 11 is 0. The van der Waals surface area contributed by atoms with E-state index in [0.717, 1.165) is 0 Å². The third-order valence-electron chi connectivity index (χ3n) is 1.92. The largest absolute Gasteiger partial charge is 0.392 e. The van der Waals surface area contributed by atoms with E-state index in [1.165, 1.54) is 0 Å². The maximum atomic E-state index is 11.8. The fourth-order valence-electron chi connectivity index (χ4n) is 1.10. The van der Waals surface area contributed by atoms with Gasteiger partial charge in [-0.25, -0.2) is 0 Å². The van der Waals surface area contributed by atoms with Crippen LogP contribution in [0.15, 0.2) is 0 Å². The van der Waals surface area contributed by atoms with E-state index in [4.69, 9.17) is 0 Å². The lowest BCUT2D eigenvalue weighted by atomic mass is 9.74. The molecular weight excluding hydrogens is 145 g/mol. The van der Waals surface area contributed by atoms with Crippen LogP contribution in [0.1, 0.15) is 12.8 Å². The van der Waals surface area contributed by atoms with Crippen molar-refractivity contribution in [3.63, 3.8) is 0 Å². The van der Waals surface area contributed by atoms with E-state index in [-0.39, 0.29) is 6.42 Å². The molecule has 0 saturated heterocycles. The Hall–Kier alpha value is -0.540. The van der Waals surface area contributed by atoms with E-state index < -0.39 is 18.0 Å². The number of halogens is 3. The summed E-state index contributed by atoms with van der Waals surface area (Å²) in [5, 5.41) is 0. The number of hydrogen-bond acceptors (Lipinski definition) is 1. The second kappa shape index (κ2) is 2.25. The van der Waals surface area contributed by atoms with Crippen LogP contribution in [0.5, 0.6) is 0 Å². The Bertz CT molecular complexity index is 140. The Morgan fingerprint density at radius 2 is 1.90 bits per heavy atom. The average molecular weight is 152 g/mol. The quantitative estimate of drug-likeness (QED) is 0.523. The summed E-state index contributed by atoms with van der Waals surface area (Å²) in [6.45, 7) is 0. The summed E-state index contributed by atoms with van der Waals surface area (Å²) in [4.78, 5) is 9.94. The zero-order chi connectivity index (χ0) is 7.78. The maximum absolute atomic E-state index is 11.8. The standard InChI is InChI=1S/C6H7F3O/c7-6(8,9)5-2-1-4(5)3-10/h3-5H,1-2H2/t4?,5-/m1/s1. The molecule has 4 heteroatoms. The van der Waals surface area contributed by atoms with Crippen LogP contribution in [0.4, 0.5) is 13.2 Å².